The number of carboxylic acids is 2. The zero-order valence-electron chi connectivity index (χ0n) is 15.7. The average molecular weight is 375 g/mol. The van der Waals surface area contributed by atoms with E-state index < -0.39 is 11.9 Å². The highest BCUT2D eigenvalue weighted by atomic mass is 16.4. The molecule has 1 aromatic heterocycles. The van der Waals surface area contributed by atoms with E-state index >= 15 is 0 Å². The summed E-state index contributed by atoms with van der Waals surface area (Å²) < 4.78 is 0. The highest BCUT2D eigenvalue weighted by molar-refractivity contribution is 6.27. The Kier molecular flexibility index (Phi) is 6.57. The van der Waals surface area contributed by atoms with Crippen molar-refractivity contribution in [2.75, 3.05) is 34.2 Å². The Hall–Kier alpha value is -2.87. The molecule has 3 N–H and O–H groups in total. The number of aromatic amines is 1. The number of likely N-dealkylation sites (tertiary alicyclic amines) is 1. The van der Waals surface area contributed by atoms with E-state index in [1.807, 2.05) is 18.2 Å². The van der Waals surface area contributed by atoms with Crippen LogP contribution in [0.3, 0.4) is 0 Å². The van der Waals surface area contributed by atoms with Crippen molar-refractivity contribution >= 4 is 28.7 Å². The summed E-state index contributed by atoms with van der Waals surface area (Å²) in [6, 6.07) is 5.96. The molecule has 0 spiro atoms. The maximum Gasteiger partial charge on any atom is 0.414 e. The minimum Gasteiger partial charge on any atom is -0.473 e. The molecule has 8 nitrogen and oxygen atoms in total. The smallest absolute Gasteiger partial charge is 0.414 e. The van der Waals surface area contributed by atoms with Crippen molar-refractivity contribution in [3.63, 3.8) is 0 Å². The van der Waals surface area contributed by atoms with Crippen LogP contribution in [0.2, 0.25) is 0 Å². The maximum atomic E-state index is 12.1. The SMILES string of the molecule is CN1CCC(c2c[nH]c3ccc(C(=O)N(C)C)cc23)CC1.O=C(O)C(=O)O. The second-order valence-corrected chi connectivity index (χ2v) is 6.89. The lowest BCUT2D eigenvalue weighted by molar-refractivity contribution is -0.159. The van der Waals surface area contributed by atoms with E-state index in [1.54, 1.807) is 19.0 Å². The third-order valence-corrected chi connectivity index (χ3v) is 4.71. The predicted molar refractivity (Wildman–Crippen MR) is 101 cm³/mol. The fraction of sp³-hybridized carbons (Fsp3) is 0.421. The summed E-state index contributed by atoms with van der Waals surface area (Å²) in [5.41, 5.74) is 3.26. The van der Waals surface area contributed by atoms with Gasteiger partial charge in [-0.15, -0.1) is 0 Å². The monoisotopic (exact) mass is 375 g/mol. The summed E-state index contributed by atoms with van der Waals surface area (Å²) in [6.07, 6.45) is 4.51. The van der Waals surface area contributed by atoms with Crippen LogP contribution in [0.5, 0.6) is 0 Å². The van der Waals surface area contributed by atoms with E-state index in [9.17, 15) is 4.79 Å². The number of H-pyrrole nitrogens is 1. The van der Waals surface area contributed by atoms with Crippen molar-refractivity contribution < 1.29 is 24.6 Å². The number of aromatic nitrogens is 1. The van der Waals surface area contributed by atoms with Gasteiger partial charge in [-0.25, -0.2) is 9.59 Å². The number of carbonyl (C=O) groups is 3. The van der Waals surface area contributed by atoms with Crippen LogP contribution in [0.15, 0.2) is 24.4 Å². The Morgan fingerprint density at radius 3 is 2.22 bits per heavy atom. The highest BCUT2D eigenvalue weighted by Crippen LogP contribution is 2.33. The number of amides is 1. The minimum absolute atomic E-state index is 0.0624. The summed E-state index contributed by atoms with van der Waals surface area (Å²) in [5, 5.41) is 16.0. The molecule has 2 heterocycles. The molecule has 0 saturated carbocycles. The van der Waals surface area contributed by atoms with Gasteiger partial charge in [0.2, 0.25) is 0 Å². The van der Waals surface area contributed by atoms with Gasteiger partial charge in [0.05, 0.1) is 0 Å². The van der Waals surface area contributed by atoms with Crippen LogP contribution in [-0.4, -0.2) is 77.1 Å². The number of hydrogen-bond acceptors (Lipinski definition) is 4. The fourth-order valence-electron chi connectivity index (χ4n) is 3.19. The van der Waals surface area contributed by atoms with Gasteiger partial charge in [0.25, 0.3) is 5.91 Å². The second-order valence-electron chi connectivity index (χ2n) is 6.89. The molecular weight excluding hydrogens is 350 g/mol. The third kappa shape index (κ3) is 5.07. The van der Waals surface area contributed by atoms with Gasteiger partial charge in [0.1, 0.15) is 0 Å². The highest BCUT2D eigenvalue weighted by Gasteiger charge is 2.21. The van der Waals surface area contributed by atoms with Crippen molar-refractivity contribution in [2.45, 2.75) is 18.8 Å². The van der Waals surface area contributed by atoms with Gasteiger partial charge in [-0.2, -0.15) is 0 Å². The van der Waals surface area contributed by atoms with E-state index in [1.165, 1.54) is 23.8 Å². The first-order valence-electron chi connectivity index (χ1n) is 8.68. The number of piperidine rings is 1. The molecule has 3 rings (SSSR count). The van der Waals surface area contributed by atoms with E-state index in [2.05, 4.69) is 23.1 Å². The molecule has 1 amide bonds. The van der Waals surface area contributed by atoms with Gasteiger partial charge in [-0.05, 0) is 62.7 Å². The second kappa shape index (κ2) is 8.68. The Labute approximate surface area is 157 Å². The molecule has 27 heavy (non-hydrogen) atoms. The first-order chi connectivity index (χ1) is 12.7. The van der Waals surface area contributed by atoms with Crippen LogP contribution < -0.4 is 0 Å². The first-order valence-corrected chi connectivity index (χ1v) is 8.68. The van der Waals surface area contributed by atoms with Crippen LogP contribution in [-0.2, 0) is 9.59 Å². The van der Waals surface area contributed by atoms with Gasteiger partial charge in [-0.3, -0.25) is 4.79 Å². The molecule has 0 aliphatic carbocycles. The quantitative estimate of drug-likeness (QED) is 0.690. The number of carbonyl (C=O) groups excluding carboxylic acids is 1. The van der Waals surface area contributed by atoms with Gasteiger partial charge in [0.15, 0.2) is 0 Å². The number of fused-ring (bicyclic) bond motifs is 1. The summed E-state index contributed by atoms with van der Waals surface area (Å²) in [7, 11) is 5.77. The summed E-state index contributed by atoms with van der Waals surface area (Å²) in [5.74, 6) is -2.99. The zero-order valence-corrected chi connectivity index (χ0v) is 15.7. The molecule has 1 aromatic carbocycles. The Morgan fingerprint density at radius 2 is 1.70 bits per heavy atom. The van der Waals surface area contributed by atoms with E-state index in [-0.39, 0.29) is 5.91 Å². The van der Waals surface area contributed by atoms with Crippen molar-refractivity contribution in [2.24, 2.45) is 0 Å². The molecule has 2 aromatic rings. The van der Waals surface area contributed by atoms with Gasteiger partial charge in [-0.1, -0.05) is 0 Å². The summed E-state index contributed by atoms with van der Waals surface area (Å²) in [6.45, 7) is 2.29. The lowest BCUT2D eigenvalue weighted by atomic mass is 9.89. The van der Waals surface area contributed by atoms with Gasteiger partial charge < -0.3 is 25.0 Å². The molecule has 0 unspecified atom stereocenters. The number of carboxylic acid groups (broad SMARTS) is 2. The Bertz CT molecular complexity index is 823. The van der Waals surface area contributed by atoms with Crippen LogP contribution >= 0.6 is 0 Å². The number of nitrogens with one attached hydrogen (secondary N) is 1. The van der Waals surface area contributed by atoms with E-state index in [0.29, 0.717) is 5.92 Å². The topological polar surface area (TPSA) is 114 Å². The average Bonchev–Trinajstić information content (AvgIpc) is 3.05. The minimum atomic E-state index is -1.82. The Morgan fingerprint density at radius 1 is 1.11 bits per heavy atom. The number of benzene rings is 1. The number of rotatable bonds is 2. The third-order valence-electron chi connectivity index (χ3n) is 4.71. The molecule has 8 heteroatoms. The van der Waals surface area contributed by atoms with Gasteiger partial charge in [0, 0.05) is 36.8 Å². The van der Waals surface area contributed by atoms with Crippen LogP contribution in [0, 0.1) is 0 Å². The predicted octanol–water partition coefficient (Wildman–Crippen LogP) is 1.83. The molecule has 0 atom stereocenters. The fourth-order valence-corrected chi connectivity index (χ4v) is 3.19. The number of hydrogen-bond donors (Lipinski definition) is 3. The molecule has 0 radical (unpaired) electrons. The molecular formula is C19H25N3O5. The van der Waals surface area contributed by atoms with Crippen LogP contribution in [0.4, 0.5) is 0 Å². The van der Waals surface area contributed by atoms with Crippen molar-refractivity contribution in [3.8, 4) is 0 Å². The first kappa shape index (κ1) is 20.4. The largest absolute Gasteiger partial charge is 0.473 e. The van der Waals surface area contributed by atoms with Gasteiger partial charge >= 0.3 is 11.9 Å². The van der Waals surface area contributed by atoms with Crippen LogP contribution in [0.25, 0.3) is 10.9 Å². The molecule has 146 valence electrons. The summed E-state index contributed by atoms with van der Waals surface area (Å²) >= 11 is 0. The number of nitrogens with zero attached hydrogens (tertiary/aromatic N) is 2. The zero-order chi connectivity index (χ0) is 20.1. The van der Waals surface area contributed by atoms with Crippen LogP contribution in [0.1, 0.15) is 34.7 Å². The molecule has 1 aliphatic rings. The number of aliphatic carboxylic acids is 2. The molecule has 1 fully saturated rings. The summed E-state index contributed by atoms with van der Waals surface area (Å²) in [4.78, 5) is 37.7. The van der Waals surface area contributed by atoms with Crippen molar-refractivity contribution in [1.82, 2.24) is 14.8 Å². The van der Waals surface area contributed by atoms with Crippen molar-refractivity contribution in [3.05, 3.63) is 35.5 Å². The maximum absolute atomic E-state index is 12.1. The van der Waals surface area contributed by atoms with Crippen molar-refractivity contribution in [1.29, 1.82) is 0 Å². The Balaban J connectivity index is 0.000000380. The molecule has 1 saturated heterocycles. The van der Waals surface area contributed by atoms with E-state index in [4.69, 9.17) is 19.8 Å². The standard InChI is InChI=1S/C17H23N3O.C2H2O4/c1-19(2)17(21)13-4-5-16-14(10-13)15(11-18-16)12-6-8-20(3)9-7-12;3-1(4)2(5)6/h4-5,10-12,18H,6-9H2,1-3H3;(H,3,4)(H,5,6). The lowest BCUT2D eigenvalue weighted by Crippen LogP contribution is -2.29. The lowest BCUT2D eigenvalue weighted by Gasteiger charge is -2.28. The van der Waals surface area contributed by atoms with E-state index in [0.717, 1.165) is 24.2 Å². The normalized spacial score (nSPS) is 15.1. The molecule has 1 aliphatic heterocycles. The molecule has 0 bridgehead atoms.